The van der Waals surface area contributed by atoms with E-state index in [0.717, 1.165) is 13.1 Å². The van der Waals surface area contributed by atoms with E-state index in [2.05, 4.69) is 30.6 Å². The minimum Gasteiger partial charge on any atom is -0.471 e. The van der Waals surface area contributed by atoms with Crippen molar-refractivity contribution in [3.05, 3.63) is 113 Å². The van der Waals surface area contributed by atoms with E-state index >= 15 is 4.39 Å². The van der Waals surface area contributed by atoms with Crippen LogP contribution in [-0.2, 0) is 4.79 Å². The number of imidazole rings is 1. The van der Waals surface area contributed by atoms with E-state index in [9.17, 15) is 14.0 Å². The van der Waals surface area contributed by atoms with Gasteiger partial charge in [0.15, 0.2) is 11.3 Å². The summed E-state index contributed by atoms with van der Waals surface area (Å²) >= 11 is 0. The Balaban J connectivity index is 1.32. The molecule has 0 spiro atoms. The molecule has 3 aromatic carbocycles. The molecule has 44 heavy (non-hydrogen) atoms. The van der Waals surface area contributed by atoms with Crippen LogP contribution in [0.15, 0.2) is 89.9 Å². The fourth-order valence-corrected chi connectivity index (χ4v) is 5.32. The number of halogens is 2. The molecular formula is C32H25F2N7O3. The number of para-hydroxylation sites is 1. The second kappa shape index (κ2) is 11.0. The number of hydrogen-bond donors (Lipinski definition) is 2. The zero-order valence-electron chi connectivity index (χ0n) is 23.4. The molecule has 0 radical (unpaired) electrons. The Morgan fingerprint density at radius 1 is 0.932 bits per heavy atom. The summed E-state index contributed by atoms with van der Waals surface area (Å²) in [5.74, 6) is -2.55. The number of nitrogens with one attached hydrogen (secondary N) is 2. The molecule has 0 aliphatic carbocycles. The van der Waals surface area contributed by atoms with Crippen molar-refractivity contribution in [2.24, 2.45) is 4.99 Å². The van der Waals surface area contributed by atoms with Crippen LogP contribution < -0.4 is 15.4 Å². The first-order valence-electron chi connectivity index (χ1n) is 13.9. The number of hydrogen-bond acceptors (Lipinski definition) is 7. The maximum Gasteiger partial charge on any atom is 0.274 e. The molecule has 0 saturated carbocycles. The van der Waals surface area contributed by atoms with Gasteiger partial charge in [0.2, 0.25) is 12.0 Å². The van der Waals surface area contributed by atoms with E-state index in [-0.39, 0.29) is 40.3 Å². The van der Waals surface area contributed by atoms with Crippen LogP contribution in [0, 0.1) is 11.6 Å². The Bertz CT molecular complexity index is 1950. The molecule has 2 amide bonds. The van der Waals surface area contributed by atoms with Crippen molar-refractivity contribution in [2.45, 2.75) is 12.3 Å². The smallest absolute Gasteiger partial charge is 0.274 e. The largest absolute Gasteiger partial charge is 0.471 e. The van der Waals surface area contributed by atoms with Crippen molar-refractivity contribution in [1.29, 1.82) is 0 Å². The van der Waals surface area contributed by atoms with Gasteiger partial charge in [-0.05, 0) is 31.3 Å². The zero-order chi connectivity index (χ0) is 30.4. The van der Waals surface area contributed by atoms with Gasteiger partial charge in [-0.2, -0.15) is 0 Å². The molecule has 1 atom stereocenters. The second-order valence-corrected chi connectivity index (χ2v) is 10.6. The Labute approximate surface area is 250 Å². The Morgan fingerprint density at radius 3 is 2.43 bits per heavy atom. The van der Waals surface area contributed by atoms with E-state index in [0.29, 0.717) is 16.8 Å². The number of likely N-dealkylation sites (N-methyl/N-ethyl adjacent to an activating group) is 1. The number of aromatic nitrogens is 3. The number of benzodiazepines with no additional fused rings is 1. The number of anilines is 1. The van der Waals surface area contributed by atoms with Crippen LogP contribution in [0.1, 0.15) is 21.6 Å². The van der Waals surface area contributed by atoms with Gasteiger partial charge in [-0.25, -0.2) is 23.3 Å². The predicted octanol–water partition coefficient (Wildman–Crippen LogP) is 3.91. The van der Waals surface area contributed by atoms with Gasteiger partial charge in [-0.3, -0.25) is 14.5 Å². The quantitative estimate of drug-likeness (QED) is 0.309. The number of carbonyl (C=O) groups is 2. The monoisotopic (exact) mass is 593 g/mol. The molecule has 2 aliphatic heterocycles. The van der Waals surface area contributed by atoms with Gasteiger partial charge in [-0.1, -0.05) is 54.6 Å². The first-order valence-corrected chi connectivity index (χ1v) is 13.9. The Morgan fingerprint density at radius 2 is 1.66 bits per heavy atom. The van der Waals surface area contributed by atoms with E-state index in [1.54, 1.807) is 48.5 Å². The lowest BCUT2D eigenvalue weighted by Gasteiger charge is -2.35. The number of nitrogens with zero attached hydrogens (tertiary/aromatic N) is 5. The highest BCUT2D eigenvalue weighted by molar-refractivity contribution is 6.20. The number of fused-ring (bicyclic) bond motifs is 2. The number of amides is 2. The molecular weight excluding hydrogens is 568 g/mol. The summed E-state index contributed by atoms with van der Waals surface area (Å²) in [6.07, 6.45) is -1.55. The van der Waals surface area contributed by atoms with Crippen molar-refractivity contribution in [3.8, 4) is 17.1 Å². The van der Waals surface area contributed by atoms with Gasteiger partial charge in [0.1, 0.15) is 23.4 Å². The molecule has 4 heterocycles. The maximum atomic E-state index is 15.0. The first-order chi connectivity index (χ1) is 21.4. The highest BCUT2D eigenvalue weighted by Crippen LogP contribution is 2.29. The highest BCUT2D eigenvalue weighted by Gasteiger charge is 2.32. The van der Waals surface area contributed by atoms with Gasteiger partial charge >= 0.3 is 0 Å². The van der Waals surface area contributed by atoms with Crippen molar-refractivity contribution < 1.29 is 23.1 Å². The Hall–Kier alpha value is -5.49. The van der Waals surface area contributed by atoms with Crippen LogP contribution in [0.3, 0.4) is 0 Å². The third-order valence-electron chi connectivity index (χ3n) is 7.45. The van der Waals surface area contributed by atoms with Crippen molar-refractivity contribution in [3.63, 3.8) is 0 Å². The molecule has 7 rings (SSSR count). The lowest BCUT2D eigenvalue weighted by Crippen LogP contribution is -2.51. The number of aliphatic imine (C=N–C) groups is 1. The summed E-state index contributed by atoms with van der Waals surface area (Å²) in [6, 6.07) is 22.5. The van der Waals surface area contributed by atoms with Gasteiger partial charge in [0.25, 0.3) is 11.8 Å². The molecule has 2 aromatic heterocycles. The van der Waals surface area contributed by atoms with E-state index < -0.39 is 29.6 Å². The number of rotatable bonds is 6. The summed E-state index contributed by atoms with van der Waals surface area (Å²) < 4.78 is 37.2. The average Bonchev–Trinajstić information content (AvgIpc) is 3.32. The summed E-state index contributed by atoms with van der Waals surface area (Å²) in [7, 11) is 1.97. The molecule has 10 nitrogen and oxygen atoms in total. The molecule has 5 aromatic rings. The molecule has 2 N–H and O–H groups in total. The van der Waals surface area contributed by atoms with Crippen molar-refractivity contribution in [2.75, 3.05) is 25.5 Å². The number of likely N-dealkylation sites (tertiary alicyclic amines) is 1. The van der Waals surface area contributed by atoms with Crippen LogP contribution in [0.2, 0.25) is 0 Å². The molecule has 0 bridgehead atoms. The van der Waals surface area contributed by atoms with E-state index in [4.69, 9.17) is 4.74 Å². The van der Waals surface area contributed by atoms with Crippen LogP contribution in [-0.4, -0.2) is 69.4 Å². The van der Waals surface area contributed by atoms with Crippen LogP contribution in [0.4, 0.5) is 14.5 Å². The molecule has 2 aliphatic rings. The van der Waals surface area contributed by atoms with Crippen molar-refractivity contribution >= 4 is 28.9 Å². The third kappa shape index (κ3) is 4.94. The maximum absolute atomic E-state index is 15.0. The fourth-order valence-electron chi connectivity index (χ4n) is 5.32. The molecule has 12 heteroatoms. The number of benzene rings is 3. The molecule has 1 fully saturated rings. The minimum absolute atomic E-state index is 0.0178. The lowest BCUT2D eigenvalue weighted by atomic mass is 10.0. The standard InChI is InChI=1S/C32H25F2N7O3/c1-40-16-19(17-40)44-25-15-14-24-35-28(20-10-5-6-12-22(20)33)29(41(24)39-25)31(42)38-30-32(43)37-27-21(11-7-13-23(27)34)26(36-30)18-8-3-2-4-9-18/h2-15,19,30H,16-17H2,1H3,(H,37,43)(H,38,42)/t30-/m1/s1. The normalized spacial score (nSPS) is 16.8. The number of carbonyl (C=O) groups excluding carboxylic acids is 2. The summed E-state index contributed by atoms with van der Waals surface area (Å²) in [4.78, 5) is 38.7. The van der Waals surface area contributed by atoms with Crippen LogP contribution >= 0.6 is 0 Å². The first kappa shape index (κ1) is 27.3. The fraction of sp³-hybridized carbons (Fsp3) is 0.156. The summed E-state index contributed by atoms with van der Waals surface area (Å²) in [5, 5.41) is 9.71. The highest BCUT2D eigenvalue weighted by atomic mass is 19.1. The summed E-state index contributed by atoms with van der Waals surface area (Å²) in [6.45, 7) is 1.44. The van der Waals surface area contributed by atoms with Gasteiger partial charge in [-0.15, -0.1) is 5.10 Å². The average molecular weight is 594 g/mol. The van der Waals surface area contributed by atoms with E-state index in [1.165, 1.54) is 34.8 Å². The molecule has 1 saturated heterocycles. The van der Waals surface area contributed by atoms with Gasteiger partial charge < -0.3 is 15.4 Å². The molecule has 220 valence electrons. The van der Waals surface area contributed by atoms with Gasteiger partial charge in [0, 0.05) is 35.8 Å². The molecule has 0 unspecified atom stereocenters. The minimum atomic E-state index is -1.48. The van der Waals surface area contributed by atoms with Gasteiger partial charge in [0.05, 0.1) is 11.4 Å². The Kier molecular flexibility index (Phi) is 6.82. The van der Waals surface area contributed by atoms with Crippen LogP contribution in [0.25, 0.3) is 16.9 Å². The van der Waals surface area contributed by atoms with Crippen LogP contribution in [0.5, 0.6) is 5.88 Å². The zero-order valence-corrected chi connectivity index (χ0v) is 23.4. The second-order valence-electron chi connectivity index (χ2n) is 10.6. The predicted molar refractivity (Wildman–Crippen MR) is 159 cm³/mol. The summed E-state index contributed by atoms with van der Waals surface area (Å²) in [5.41, 5.74) is 1.44. The van der Waals surface area contributed by atoms with Crippen molar-refractivity contribution in [1.82, 2.24) is 24.8 Å². The SMILES string of the molecule is CN1CC(Oc2ccc3nc(-c4ccccc4F)c(C(=O)N[C@H]4N=C(c5ccccc5)c5cccc(F)c5NC4=O)n3n2)C1. The topological polar surface area (TPSA) is 113 Å². The van der Waals surface area contributed by atoms with E-state index in [1.807, 2.05) is 13.1 Å². The number of ether oxygens (including phenoxy) is 1. The third-order valence-corrected chi connectivity index (χ3v) is 7.45. The lowest BCUT2D eigenvalue weighted by molar-refractivity contribution is -0.117.